The van der Waals surface area contributed by atoms with Crippen LogP contribution < -0.4 is 21.3 Å². The van der Waals surface area contributed by atoms with E-state index in [-0.39, 0.29) is 6.42 Å². The monoisotopic (exact) mass is 550 g/mol. The molecule has 5 N–H and O–H groups in total. The summed E-state index contributed by atoms with van der Waals surface area (Å²) in [6.07, 6.45) is 0.682. The Kier molecular flexibility index (Phi) is 8.18. The summed E-state index contributed by atoms with van der Waals surface area (Å²) in [5, 5.41) is 11.4. The zero-order valence-electron chi connectivity index (χ0n) is 22.0. The molecule has 206 valence electrons. The molecular weight excluding hydrogens is 516 g/mol. The molecule has 0 radical (unpaired) electrons. The van der Waals surface area contributed by atoms with Crippen LogP contribution in [-0.4, -0.2) is 52.5 Å². The minimum absolute atomic E-state index is 0.0807. The Labute approximate surface area is 230 Å². The highest BCUT2D eigenvalue weighted by atomic mass is 32.2. The summed E-state index contributed by atoms with van der Waals surface area (Å²) in [5.74, 6) is 5.70. The molecule has 0 spiro atoms. The maximum Gasteiger partial charge on any atom is 0.304 e. The van der Waals surface area contributed by atoms with E-state index in [1.165, 1.54) is 5.56 Å². The van der Waals surface area contributed by atoms with Gasteiger partial charge in [-0.05, 0) is 71.5 Å². The predicted octanol–water partition coefficient (Wildman–Crippen LogP) is 3.35. The van der Waals surface area contributed by atoms with E-state index in [4.69, 9.17) is 21.1 Å². The van der Waals surface area contributed by atoms with Crippen molar-refractivity contribution in [3.05, 3.63) is 82.4 Å². The number of rotatable bonds is 2. The smallest absolute Gasteiger partial charge is 0.304 e. The molecule has 5 aliphatic rings. The molecule has 3 aromatic carbocycles. The Hall–Kier alpha value is -3.44. The van der Waals surface area contributed by atoms with E-state index in [0.717, 1.165) is 28.7 Å². The molecule has 0 aromatic heterocycles. The van der Waals surface area contributed by atoms with Gasteiger partial charge in [0.2, 0.25) is 0 Å². The topological polar surface area (TPSA) is 131 Å². The largest absolute Gasteiger partial charge is 0.491 e. The minimum atomic E-state index is -1.34. The van der Waals surface area contributed by atoms with Crippen molar-refractivity contribution in [3.63, 3.8) is 0 Å². The first-order valence-electron chi connectivity index (χ1n) is 13.0. The van der Waals surface area contributed by atoms with Crippen LogP contribution in [0.3, 0.4) is 0 Å². The van der Waals surface area contributed by atoms with Crippen molar-refractivity contribution in [1.29, 1.82) is 0 Å². The number of carboxylic acids is 1. The fourth-order valence-electron chi connectivity index (χ4n) is 5.26. The van der Waals surface area contributed by atoms with Crippen molar-refractivity contribution < 1.29 is 23.6 Å². The Morgan fingerprint density at radius 3 is 2.62 bits per heavy atom. The molecule has 7 bridgehead atoms. The Morgan fingerprint density at radius 1 is 1.05 bits per heavy atom. The fraction of sp³-hybridized carbons (Fsp3) is 0.345. The third-order valence-corrected chi connectivity index (χ3v) is 8.90. The molecule has 3 atom stereocenters. The minimum Gasteiger partial charge on any atom is -0.491 e. The maximum atomic E-state index is 13.4. The normalized spacial score (nSPS) is 21.7. The van der Waals surface area contributed by atoms with Crippen LogP contribution in [0.2, 0.25) is 0 Å². The highest BCUT2D eigenvalue weighted by Gasteiger charge is 2.26. The van der Waals surface area contributed by atoms with Gasteiger partial charge in [0.1, 0.15) is 23.3 Å². The first kappa shape index (κ1) is 27.1. The number of carbonyl (C=O) groups is 1. The van der Waals surface area contributed by atoms with Crippen molar-refractivity contribution in [1.82, 2.24) is 4.31 Å². The van der Waals surface area contributed by atoms with E-state index in [9.17, 15) is 14.1 Å². The van der Waals surface area contributed by atoms with Gasteiger partial charge < -0.3 is 25.3 Å². The molecule has 0 saturated carbocycles. The van der Waals surface area contributed by atoms with Gasteiger partial charge in [-0.15, -0.1) is 0 Å². The van der Waals surface area contributed by atoms with E-state index in [1.807, 2.05) is 53.7 Å². The third-order valence-electron chi connectivity index (χ3n) is 7.44. The van der Waals surface area contributed by atoms with Crippen molar-refractivity contribution in [2.45, 2.75) is 37.1 Å². The standard InChI is InChI=1S/C29H34N4O5S/c1-19-25-8-9-27(29(19)30)33(31)12-13-37-14-15-38-23-4-6-24(7-5-23)39(36)32-11-10-20-2-3-21(16-22(20)18-32)26(25)17-28(34)35/h2-9,16,26H,10-15,17-18,30-31H2,1H3,(H,34,35). The van der Waals surface area contributed by atoms with E-state index >= 15 is 0 Å². The van der Waals surface area contributed by atoms with Gasteiger partial charge in [0.05, 0.1) is 42.4 Å². The highest BCUT2D eigenvalue weighted by molar-refractivity contribution is 7.82. The predicted molar refractivity (Wildman–Crippen MR) is 151 cm³/mol. The van der Waals surface area contributed by atoms with Crippen LogP contribution in [0.15, 0.2) is 59.5 Å². The summed E-state index contributed by atoms with van der Waals surface area (Å²) in [6.45, 7) is 4.64. The fourth-order valence-corrected chi connectivity index (χ4v) is 6.44. The molecule has 0 amide bonds. The van der Waals surface area contributed by atoms with Crippen molar-refractivity contribution >= 4 is 28.3 Å². The molecule has 0 saturated heterocycles. The number of anilines is 2. The summed E-state index contributed by atoms with van der Waals surface area (Å²) >= 11 is 0. The zero-order chi connectivity index (χ0) is 27.5. The van der Waals surface area contributed by atoms with Gasteiger partial charge in [0.25, 0.3) is 0 Å². The molecule has 10 heteroatoms. The van der Waals surface area contributed by atoms with Gasteiger partial charge >= 0.3 is 5.97 Å². The number of hydrogen-bond acceptors (Lipinski definition) is 7. The van der Waals surface area contributed by atoms with Crippen LogP contribution in [0.4, 0.5) is 11.4 Å². The molecule has 9 nitrogen and oxygen atoms in total. The molecular formula is C29H34N4O5S. The van der Waals surface area contributed by atoms with Gasteiger partial charge in [-0.3, -0.25) is 4.79 Å². The van der Waals surface area contributed by atoms with Crippen molar-refractivity contribution in [3.8, 4) is 5.75 Å². The summed E-state index contributed by atoms with van der Waals surface area (Å²) in [4.78, 5) is 12.7. The molecule has 3 aromatic rings. The SMILES string of the molecule is Cc1c2ccc(c1N)N(N)CCOCCOc1ccc(cc1)S(=O)N1CCc3ccc(cc3C1)C2CC(=O)O. The molecule has 3 unspecified atom stereocenters. The molecule has 0 aliphatic carbocycles. The van der Waals surface area contributed by atoms with Crippen LogP contribution in [0, 0.1) is 6.92 Å². The number of ether oxygens (including phenoxy) is 2. The first-order valence-corrected chi connectivity index (χ1v) is 14.1. The average molecular weight is 551 g/mol. The van der Waals surface area contributed by atoms with Gasteiger partial charge in [-0.1, -0.05) is 24.3 Å². The van der Waals surface area contributed by atoms with E-state index in [0.29, 0.717) is 61.5 Å². The van der Waals surface area contributed by atoms with Gasteiger partial charge in [0, 0.05) is 19.0 Å². The van der Waals surface area contributed by atoms with Crippen molar-refractivity contribution in [2.24, 2.45) is 5.84 Å². The Morgan fingerprint density at radius 2 is 1.85 bits per heavy atom. The Balaban J connectivity index is 1.54. The summed E-state index contributed by atoms with van der Waals surface area (Å²) in [6, 6.07) is 17.2. The average Bonchev–Trinajstić information content (AvgIpc) is 2.94. The summed E-state index contributed by atoms with van der Waals surface area (Å²) in [7, 11) is -1.34. The van der Waals surface area contributed by atoms with E-state index in [1.54, 1.807) is 5.01 Å². The van der Waals surface area contributed by atoms with Crippen LogP contribution >= 0.6 is 0 Å². The van der Waals surface area contributed by atoms with Gasteiger partial charge in [-0.25, -0.2) is 14.4 Å². The van der Waals surface area contributed by atoms with Gasteiger partial charge in [0.15, 0.2) is 0 Å². The molecule has 8 rings (SSSR count). The lowest BCUT2D eigenvalue weighted by Gasteiger charge is -2.29. The molecule has 39 heavy (non-hydrogen) atoms. The van der Waals surface area contributed by atoms with E-state index < -0.39 is 22.9 Å². The van der Waals surface area contributed by atoms with Gasteiger partial charge in [-0.2, -0.15) is 0 Å². The number of carboxylic acid groups (broad SMARTS) is 1. The van der Waals surface area contributed by atoms with Crippen LogP contribution in [0.25, 0.3) is 0 Å². The second-order valence-corrected chi connectivity index (χ2v) is 11.4. The van der Waals surface area contributed by atoms with Crippen LogP contribution in [0.5, 0.6) is 5.75 Å². The lowest BCUT2D eigenvalue weighted by atomic mass is 9.83. The second kappa shape index (κ2) is 11.7. The summed E-state index contributed by atoms with van der Waals surface area (Å²) in [5.41, 5.74) is 12.5. The van der Waals surface area contributed by atoms with Crippen LogP contribution in [-0.2, 0) is 33.5 Å². The molecule has 5 heterocycles. The second-order valence-electron chi connectivity index (χ2n) is 9.88. The number of nitrogens with two attached hydrogens (primary N) is 2. The van der Waals surface area contributed by atoms with E-state index in [2.05, 4.69) is 12.1 Å². The highest BCUT2D eigenvalue weighted by Crippen LogP contribution is 2.38. The lowest BCUT2D eigenvalue weighted by Crippen LogP contribution is -2.35. The quantitative estimate of drug-likeness (QED) is 0.327. The third kappa shape index (κ3) is 5.94. The Bertz CT molecular complexity index is 1380. The number of benzene rings is 3. The molecule has 5 aliphatic heterocycles. The van der Waals surface area contributed by atoms with Crippen molar-refractivity contribution in [2.75, 3.05) is 43.7 Å². The van der Waals surface area contributed by atoms with Crippen LogP contribution in [0.1, 0.15) is 40.2 Å². The summed E-state index contributed by atoms with van der Waals surface area (Å²) < 4.78 is 26.8. The zero-order valence-corrected chi connectivity index (χ0v) is 22.8. The number of aliphatic carboxylic acids is 1. The first-order chi connectivity index (χ1) is 18.8. The number of nitrogens with zero attached hydrogens (tertiary/aromatic N) is 2. The maximum absolute atomic E-state index is 13.4. The number of nitrogen functional groups attached to an aromatic ring is 1. The molecule has 0 fully saturated rings. The number of hydrogen-bond donors (Lipinski definition) is 3. The lowest BCUT2D eigenvalue weighted by molar-refractivity contribution is -0.137. The number of hydrazine groups is 1.